The topological polar surface area (TPSA) is 55.1 Å². The van der Waals surface area contributed by atoms with Gasteiger partial charge in [0.15, 0.2) is 0 Å². The smallest absolute Gasteiger partial charge is 0.253 e. The van der Waals surface area contributed by atoms with Gasteiger partial charge in [0.25, 0.3) is 5.91 Å². The molecule has 1 amide bonds. The summed E-state index contributed by atoms with van der Waals surface area (Å²) in [5.74, 6) is 0.528. The predicted molar refractivity (Wildman–Crippen MR) is 74.5 cm³/mol. The minimum atomic E-state index is -0.0359. The number of nitrogens with one attached hydrogen (secondary N) is 1. The second-order valence-electron chi connectivity index (χ2n) is 5.43. The molecule has 0 bridgehead atoms. The standard InChI is InChI=1S/C15H22N2O/c1-10-7-8-12(13(16)9-10)15(18)17-14-6-4-3-5-11(14)2/h7-9,11,14H,3-6,16H2,1-2H3,(H,17,18). The highest BCUT2D eigenvalue weighted by Crippen LogP contribution is 2.24. The molecular formula is C15H22N2O. The first-order chi connectivity index (χ1) is 8.58. The zero-order chi connectivity index (χ0) is 13.1. The maximum atomic E-state index is 12.2. The molecule has 18 heavy (non-hydrogen) atoms. The summed E-state index contributed by atoms with van der Waals surface area (Å²) in [4.78, 5) is 12.2. The van der Waals surface area contributed by atoms with Gasteiger partial charge >= 0.3 is 0 Å². The third kappa shape index (κ3) is 2.84. The van der Waals surface area contributed by atoms with Crippen molar-refractivity contribution in [2.24, 2.45) is 5.92 Å². The third-order valence-electron chi connectivity index (χ3n) is 3.88. The van der Waals surface area contributed by atoms with Crippen molar-refractivity contribution in [2.75, 3.05) is 5.73 Å². The fraction of sp³-hybridized carbons (Fsp3) is 0.533. The predicted octanol–water partition coefficient (Wildman–Crippen LogP) is 2.89. The number of carbonyl (C=O) groups excluding carboxylic acids is 1. The zero-order valence-corrected chi connectivity index (χ0v) is 11.2. The molecule has 3 heteroatoms. The second kappa shape index (κ2) is 5.42. The van der Waals surface area contributed by atoms with E-state index in [1.54, 1.807) is 0 Å². The fourth-order valence-corrected chi connectivity index (χ4v) is 2.67. The molecule has 1 aliphatic carbocycles. The Morgan fingerprint density at radius 2 is 2.06 bits per heavy atom. The molecule has 0 saturated heterocycles. The monoisotopic (exact) mass is 246 g/mol. The van der Waals surface area contributed by atoms with Gasteiger partial charge in [-0.1, -0.05) is 25.8 Å². The van der Waals surface area contributed by atoms with E-state index in [0.717, 1.165) is 12.0 Å². The number of hydrogen-bond acceptors (Lipinski definition) is 2. The summed E-state index contributed by atoms with van der Waals surface area (Å²) >= 11 is 0. The zero-order valence-electron chi connectivity index (χ0n) is 11.2. The van der Waals surface area contributed by atoms with Crippen LogP contribution in [0, 0.1) is 12.8 Å². The van der Waals surface area contributed by atoms with Crippen LogP contribution in [-0.2, 0) is 0 Å². The van der Waals surface area contributed by atoms with E-state index in [0.29, 0.717) is 23.2 Å². The highest BCUT2D eigenvalue weighted by atomic mass is 16.1. The lowest BCUT2D eigenvalue weighted by atomic mass is 9.86. The largest absolute Gasteiger partial charge is 0.398 e. The van der Waals surface area contributed by atoms with Crippen LogP contribution in [0.2, 0.25) is 0 Å². The molecule has 0 spiro atoms. The molecule has 1 saturated carbocycles. The number of amides is 1. The molecule has 2 atom stereocenters. The van der Waals surface area contributed by atoms with Crippen molar-refractivity contribution in [2.45, 2.75) is 45.6 Å². The Kier molecular flexibility index (Phi) is 3.90. The van der Waals surface area contributed by atoms with Gasteiger partial charge in [0, 0.05) is 11.7 Å². The first-order valence-corrected chi connectivity index (χ1v) is 6.75. The number of rotatable bonds is 2. The Morgan fingerprint density at radius 1 is 1.33 bits per heavy atom. The number of hydrogen-bond donors (Lipinski definition) is 2. The van der Waals surface area contributed by atoms with Gasteiger partial charge < -0.3 is 11.1 Å². The maximum Gasteiger partial charge on any atom is 0.253 e. The van der Waals surface area contributed by atoms with Crippen LogP contribution in [0.4, 0.5) is 5.69 Å². The summed E-state index contributed by atoms with van der Waals surface area (Å²) < 4.78 is 0. The number of nitrogens with two attached hydrogens (primary N) is 1. The summed E-state index contributed by atoms with van der Waals surface area (Å²) in [6.07, 6.45) is 4.77. The van der Waals surface area contributed by atoms with Crippen molar-refractivity contribution in [1.29, 1.82) is 0 Å². The van der Waals surface area contributed by atoms with Crippen LogP contribution in [0.25, 0.3) is 0 Å². The summed E-state index contributed by atoms with van der Waals surface area (Å²) in [5, 5.41) is 3.13. The van der Waals surface area contributed by atoms with Crippen LogP contribution in [0.3, 0.4) is 0 Å². The highest BCUT2D eigenvalue weighted by molar-refractivity contribution is 5.99. The van der Waals surface area contributed by atoms with E-state index in [4.69, 9.17) is 5.73 Å². The molecule has 1 aliphatic rings. The summed E-state index contributed by atoms with van der Waals surface area (Å²) in [6, 6.07) is 5.88. The first-order valence-electron chi connectivity index (χ1n) is 6.75. The van der Waals surface area contributed by atoms with Crippen LogP contribution in [-0.4, -0.2) is 11.9 Å². The Hall–Kier alpha value is -1.51. The van der Waals surface area contributed by atoms with Crippen molar-refractivity contribution in [1.82, 2.24) is 5.32 Å². The number of carbonyl (C=O) groups is 1. The molecule has 1 aromatic carbocycles. The van der Waals surface area contributed by atoms with Gasteiger partial charge in [0.2, 0.25) is 0 Å². The second-order valence-corrected chi connectivity index (χ2v) is 5.43. The van der Waals surface area contributed by atoms with E-state index >= 15 is 0 Å². The highest BCUT2D eigenvalue weighted by Gasteiger charge is 2.23. The molecule has 3 nitrogen and oxygen atoms in total. The van der Waals surface area contributed by atoms with Crippen molar-refractivity contribution in [3.8, 4) is 0 Å². The van der Waals surface area contributed by atoms with Gasteiger partial charge in [-0.3, -0.25) is 4.79 Å². The van der Waals surface area contributed by atoms with E-state index in [1.165, 1.54) is 19.3 Å². The van der Waals surface area contributed by atoms with E-state index < -0.39 is 0 Å². The molecule has 1 fully saturated rings. The van der Waals surface area contributed by atoms with Crippen molar-refractivity contribution in [3.63, 3.8) is 0 Å². The quantitative estimate of drug-likeness (QED) is 0.788. The van der Waals surface area contributed by atoms with E-state index in [9.17, 15) is 4.79 Å². The minimum absolute atomic E-state index is 0.0359. The lowest BCUT2D eigenvalue weighted by Gasteiger charge is -2.29. The van der Waals surface area contributed by atoms with Gasteiger partial charge in [-0.15, -0.1) is 0 Å². The normalized spacial score (nSPS) is 23.7. The van der Waals surface area contributed by atoms with Crippen molar-refractivity contribution in [3.05, 3.63) is 29.3 Å². The Bertz CT molecular complexity index is 442. The van der Waals surface area contributed by atoms with E-state index in [-0.39, 0.29) is 5.91 Å². The molecule has 0 aromatic heterocycles. The average Bonchev–Trinajstić information content (AvgIpc) is 2.32. The van der Waals surface area contributed by atoms with Crippen LogP contribution in [0.1, 0.15) is 48.5 Å². The number of anilines is 1. The lowest BCUT2D eigenvalue weighted by Crippen LogP contribution is -2.41. The first kappa shape index (κ1) is 12.9. The minimum Gasteiger partial charge on any atom is -0.398 e. The van der Waals surface area contributed by atoms with Gasteiger partial charge in [0.05, 0.1) is 5.56 Å². The van der Waals surface area contributed by atoms with Gasteiger partial charge in [-0.2, -0.15) is 0 Å². The Labute approximate surface area is 109 Å². The van der Waals surface area contributed by atoms with Crippen molar-refractivity contribution < 1.29 is 4.79 Å². The summed E-state index contributed by atoms with van der Waals surface area (Å²) in [7, 11) is 0. The molecule has 2 rings (SSSR count). The third-order valence-corrected chi connectivity index (χ3v) is 3.88. The van der Waals surface area contributed by atoms with Gasteiger partial charge in [0.1, 0.15) is 0 Å². The van der Waals surface area contributed by atoms with Crippen LogP contribution >= 0.6 is 0 Å². The van der Waals surface area contributed by atoms with E-state index in [1.807, 2.05) is 25.1 Å². The van der Waals surface area contributed by atoms with Crippen molar-refractivity contribution >= 4 is 11.6 Å². The van der Waals surface area contributed by atoms with Crippen LogP contribution in [0.5, 0.6) is 0 Å². The number of nitrogen functional groups attached to an aromatic ring is 1. The SMILES string of the molecule is Cc1ccc(C(=O)NC2CCCCC2C)c(N)c1. The van der Waals surface area contributed by atoms with E-state index in [2.05, 4.69) is 12.2 Å². The molecule has 0 heterocycles. The van der Waals surface area contributed by atoms with Crippen LogP contribution in [0.15, 0.2) is 18.2 Å². The average molecular weight is 246 g/mol. The lowest BCUT2D eigenvalue weighted by molar-refractivity contribution is 0.0911. The maximum absolute atomic E-state index is 12.2. The molecule has 98 valence electrons. The van der Waals surface area contributed by atoms with Gasteiger partial charge in [-0.05, 0) is 43.4 Å². The number of benzene rings is 1. The van der Waals surface area contributed by atoms with Gasteiger partial charge in [-0.25, -0.2) is 0 Å². The molecule has 0 radical (unpaired) electrons. The Balaban J connectivity index is 2.07. The Morgan fingerprint density at radius 3 is 2.72 bits per heavy atom. The molecule has 1 aromatic rings. The van der Waals surface area contributed by atoms with Crippen LogP contribution < -0.4 is 11.1 Å². The summed E-state index contributed by atoms with van der Waals surface area (Å²) in [6.45, 7) is 4.18. The molecule has 0 aliphatic heterocycles. The molecule has 2 unspecified atom stereocenters. The fourth-order valence-electron chi connectivity index (χ4n) is 2.67. The molecule has 3 N–H and O–H groups in total. The number of aryl methyl sites for hydroxylation is 1. The summed E-state index contributed by atoms with van der Waals surface area (Å²) in [5.41, 5.74) is 8.14. The molecular weight excluding hydrogens is 224 g/mol.